The van der Waals surface area contributed by atoms with Crippen LogP contribution in [0.5, 0.6) is 17.4 Å². The first kappa shape index (κ1) is 53.4. The number of pyridine rings is 2. The number of rotatable bonds is 15. The highest BCUT2D eigenvalue weighted by Gasteiger charge is 2.51. The van der Waals surface area contributed by atoms with Crippen molar-refractivity contribution in [2.75, 3.05) is 56.6 Å². The van der Waals surface area contributed by atoms with Crippen LogP contribution in [-0.4, -0.2) is 119 Å². The SMILES string of the molecule is COc1nc2[nH]cc(F)c2cc1Oc1cc(N2CCC3(CC2)CC(N2CCN(C4CCC(F)(F)CC4)C[C@H]2c2ccccc2C(C)C)C3)ccc1C(=O)NS(=O)(=O)c1cnc(NCC2CCC(C)(O)CC2)c([N+](=O)[O-])c1. The number of methoxy groups -OCH3 is 1. The van der Waals surface area contributed by atoms with Crippen molar-refractivity contribution in [1.29, 1.82) is 0 Å². The van der Waals surface area contributed by atoms with Crippen LogP contribution in [0.2, 0.25) is 0 Å². The van der Waals surface area contributed by atoms with Crippen molar-refractivity contribution in [3.05, 3.63) is 99.6 Å². The molecule has 5 heterocycles. The molecule has 0 radical (unpaired) electrons. The number of amides is 1. The summed E-state index contributed by atoms with van der Waals surface area (Å²) in [4.78, 5) is 43.6. The molecular formula is C55H68F3N9O8S. The molecule has 21 heteroatoms. The van der Waals surface area contributed by atoms with Crippen LogP contribution < -0.4 is 24.4 Å². The van der Waals surface area contributed by atoms with Crippen molar-refractivity contribution in [1.82, 2.24) is 29.5 Å². The molecule has 1 amide bonds. The second-order valence-corrected chi connectivity index (χ2v) is 24.2. The van der Waals surface area contributed by atoms with E-state index in [0.29, 0.717) is 75.8 Å². The molecule has 1 spiro atoms. The number of nitrogens with zero attached hydrogens (tertiary/aromatic N) is 6. The van der Waals surface area contributed by atoms with Crippen LogP contribution in [0.25, 0.3) is 11.0 Å². The predicted octanol–water partition coefficient (Wildman–Crippen LogP) is 10.1. The zero-order valence-corrected chi connectivity index (χ0v) is 44.3. The van der Waals surface area contributed by atoms with E-state index < -0.39 is 48.8 Å². The average molecular weight is 1070 g/mol. The standard InChI is InChI=1S/C55H68F3N9O8S/c1-34(2)40-7-5-6-8-41(40)46-33-65(36-13-17-55(57,58)18-14-36)23-24-66(46)38-28-54(29-38)19-21-64(22-20-54)37-9-10-42(47(25-37)75-48-27-43-44(56)32-61-49(43)62-52(48)74-4)51(68)63-76(72,73)39-26-45(67(70)71)50(60-31-39)59-30-35-11-15-53(3,69)16-12-35/h5-10,25-27,31-32,34-36,38,46,69H,11-24,28-30,33H2,1-4H3,(H,59,60)(H,61,62)(H,63,68)/t35?,46-,53?/m0/s1. The van der Waals surface area contributed by atoms with Crippen molar-refractivity contribution in [3.8, 4) is 17.4 Å². The molecule has 10 rings (SSSR count). The van der Waals surface area contributed by atoms with Crippen LogP contribution in [0, 0.1) is 27.3 Å². The van der Waals surface area contributed by atoms with Gasteiger partial charge in [-0.05, 0) is 112 Å². The maximum absolute atomic E-state index is 14.9. The number of H-pyrrole nitrogens is 1. The molecule has 2 aliphatic heterocycles. The summed E-state index contributed by atoms with van der Waals surface area (Å²) in [5.74, 6) is -4.11. The van der Waals surface area contributed by atoms with E-state index in [2.05, 4.69) is 73.1 Å². The fraction of sp³-hybridized carbons (Fsp3) is 0.545. The zero-order valence-electron chi connectivity index (χ0n) is 43.5. The summed E-state index contributed by atoms with van der Waals surface area (Å²) in [6.07, 6.45) is 9.46. The smallest absolute Gasteiger partial charge is 0.312 e. The van der Waals surface area contributed by atoms with Crippen molar-refractivity contribution >= 4 is 44.2 Å². The number of hydrogen-bond acceptors (Lipinski definition) is 14. The first-order chi connectivity index (χ1) is 36.2. The largest absolute Gasteiger partial charge is 0.478 e. The van der Waals surface area contributed by atoms with Gasteiger partial charge in [0.2, 0.25) is 11.7 Å². The third-order valence-corrected chi connectivity index (χ3v) is 18.4. The molecule has 1 atom stereocenters. The lowest BCUT2D eigenvalue weighted by molar-refractivity contribution is -0.384. The maximum Gasteiger partial charge on any atom is 0.312 e. The number of piperidine rings is 1. The Bertz CT molecular complexity index is 3070. The number of fused-ring (bicyclic) bond motifs is 1. The molecule has 5 aliphatic rings. The van der Waals surface area contributed by atoms with E-state index in [1.807, 2.05) is 4.72 Å². The predicted molar refractivity (Wildman–Crippen MR) is 281 cm³/mol. The third-order valence-electron chi connectivity index (χ3n) is 17.1. The Balaban J connectivity index is 0.857. The topological polar surface area (TPSA) is 208 Å². The van der Waals surface area contributed by atoms with Gasteiger partial charge in [0.05, 0.1) is 34.8 Å². The van der Waals surface area contributed by atoms with Crippen LogP contribution in [0.3, 0.4) is 0 Å². The number of aliphatic hydroxyl groups is 1. The Morgan fingerprint density at radius 2 is 1.68 bits per heavy atom. The Morgan fingerprint density at radius 3 is 2.38 bits per heavy atom. The normalized spacial score (nSPS) is 23.6. The lowest BCUT2D eigenvalue weighted by Crippen LogP contribution is -2.61. The van der Waals surface area contributed by atoms with Gasteiger partial charge in [-0.25, -0.2) is 31.3 Å². The Morgan fingerprint density at radius 1 is 0.961 bits per heavy atom. The lowest BCUT2D eigenvalue weighted by Gasteiger charge is -2.59. The Kier molecular flexibility index (Phi) is 14.8. The molecule has 0 unspecified atom stereocenters. The van der Waals surface area contributed by atoms with E-state index in [1.54, 1.807) is 19.1 Å². The summed E-state index contributed by atoms with van der Waals surface area (Å²) < 4.78 is 85.0. The highest BCUT2D eigenvalue weighted by molar-refractivity contribution is 7.90. The number of halogens is 3. The molecular weight excluding hydrogens is 1000 g/mol. The van der Waals surface area contributed by atoms with Gasteiger partial charge in [-0.3, -0.25) is 24.7 Å². The van der Waals surface area contributed by atoms with Crippen LogP contribution in [0.1, 0.15) is 131 Å². The van der Waals surface area contributed by atoms with Crippen LogP contribution in [0.15, 0.2) is 71.9 Å². The van der Waals surface area contributed by atoms with Gasteiger partial charge in [0.1, 0.15) is 22.1 Å². The van der Waals surface area contributed by atoms with Crippen LogP contribution >= 0.6 is 0 Å². The molecule has 76 heavy (non-hydrogen) atoms. The van der Waals surface area contributed by atoms with Crippen LogP contribution in [0.4, 0.5) is 30.4 Å². The molecule has 2 saturated heterocycles. The Labute approximate surface area is 441 Å². The van der Waals surface area contributed by atoms with Gasteiger partial charge in [0.15, 0.2) is 5.75 Å². The minimum atomic E-state index is -4.76. The molecule has 3 aromatic heterocycles. The Hall–Kier alpha value is -6.03. The summed E-state index contributed by atoms with van der Waals surface area (Å²) in [7, 11) is -3.40. The number of aromatic nitrogens is 3. The molecule has 4 N–H and O–H groups in total. The molecule has 3 saturated carbocycles. The van der Waals surface area contributed by atoms with Gasteiger partial charge in [0.25, 0.3) is 21.8 Å². The van der Waals surface area contributed by atoms with Crippen molar-refractivity contribution in [2.24, 2.45) is 11.3 Å². The number of alkyl halides is 2. The first-order valence-electron chi connectivity index (χ1n) is 26.6. The summed E-state index contributed by atoms with van der Waals surface area (Å²) >= 11 is 0. The summed E-state index contributed by atoms with van der Waals surface area (Å²) in [6, 6.07) is 16.4. The first-order valence-corrected chi connectivity index (χ1v) is 28.1. The van der Waals surface area contributed by atoms with Gasteiger partial charge < -0.3 is 29.8 Å². The molecule has 408 valence electrons. The highest BCUT2D eigenvalue weighted by Crippen LogP contribution is 2.54. The van der Waals surface area contributed by atoms with E-state index in [4.69, 9.17) is 9.47 Å². The van der Waals surface area contributed by atoms with Crippen LogP contribution in [-0.2, 0) is 10.0 Å². The van der Waals surface area contributed by atoms with E-state index in [-0.39, 0.29) is 76.1 Å². The number of sulfonamides is 1. The number of nitrogens with one attached hydrogen (secondary N) is 3. The number of ether oxygens (including phenoxy) is 2. The van der Waals surface area contributed by atoms with Crippen molar-refractivity contribution in [2.45, 2.75) is 138 Å². The molecule has 3 aliphatic carbocycles. The number of carbonyl (C=O) groups excluding carboxylic acids is 1. The molecule has 5 aromatic rings. The molecule has 2 aromatic carbocycles. The summed E-state index contributed by atoms with van der Waals surface area (Å²) in [5, 5.41) is 25.6. The minimum Gasteiger partial charge on any atom is -0.478 e. The number of hydrogen-bond donors (Lipinski definition) is 4. The fourth-order valence-electron chi connectivity index (χ4n) is 12.6. The maximum atomic E-state index is 14.9. The van der Waals surface area contributed by atoms with E-state index in [1.165, 1.54) is 30.4 Å². The summed E-state index contributed by atoms with van der Waals surface area (Å²) in [5.41, 5.74) is 2.10. The van der Waals surface area contributed by atoms with E-state index in [0.717, 1.165) is 63.8 Å². The van der Waals surface area contributed by atoms with E-state index >= 15 is 0 Å². The van der Waals surface area contributed by atoms with E-state index in [9.17, 15) is 41.6 Å². The second-order valence-electron chi connectivity index (χ2n) is 22.5. The molecule has 5 fully saturated rings. The molecule has 0 bridgehead atoms. The lowest BCUT2D eigenvalue weighted by atomic mass is 9.59. The van der Waals surface area contributed by atoms with Crippen molar-refractivity contribution in [3.63, 3.8) is 0 Å². The minimum absolute atomic E-state index is 0.0318. The number of carbonyl (C=O) groups is 1. The number of aromatic amines is 1. The number of benzene rings is 2. The number of anilines is 2. The quantitative estimate of drug-likeness (QED) is 0.0568. The third kappa shape index (κ3) is 11.2. The highest BCUT2D eigenvalue weighted by atomic mass is 32.2. The van der Waals surface area contributed by atoms with Gasteiger partial charge in [-0.15, -0.1) is 0 Å². The van der Waals surface area contributed by atoms with Gasteiger partial charge in [-0.2, -0.15) is 4.98 Å². The van der Waals surface area contributed by atoms with Gasteiger partial charge in [-0.1, -0.05) is 38.1 Å². The fourth-order valence-corrected chi connectivity index (χ4v) is 13.5. The number of nitro groups is 1. The average Bonchev–Trinajstić information content (AvgIpc) is 3.84. The molecule has 17 nitrogen and oxygen atoms in total. The second kappa shape index (κ2) is 21.1. The summed E-state index contributed by atoms with van der Waals surface area (Å²) in [6.45, 7) is 10.5. The number of piperazine rings is 1. The zero-order chi connectivity index (χ0) is 53.7. The monoisotopic (exact) mass is 1070 g/mol. The van der Waals surface area contributed by atoms with Gasteiger partial charge in [0, 0.05) is 100 Å². The van der Waals surface area contributed by atoms with Crippen molar-refractivity contribution < 1.29 is 45.9 Å². The van der Waals surface area contributed by atoms with Gasteiger partial charge >= 0.3 is 5.69 Å².